The molecular weight excluding hydrogens is 228 g/mol. The highest BCUT2D eigenvalue weighted by molar-refractivity contribution is 5.41. The van der Waals surface area contributed by atoms with Crippen molar-refractivity contribution < 1.29 is 0 Å². The van der Waals surface area contributed by atoms with Crippen molar-refractivity contribution in [1.29, 1.82) is 0 Å². The van der Waals surface area contributed by atoms with Crippen LogP contribution in [-0.4, -0.2) is 0 Å². The molecule has 4 aliphatic rings. The van der Waals surface area contributed by atoms with Gasteiger partial charge in [0.1, 0.15) is 0 Å². The fraction of sp³-hybridized carbons (Fsp3) is 1.00. The summed E-state index contributed by atoms with van der Waals surface area (Å²) < 4.78 is 0. The molecule has 0 radical (unpaired) electrons. The Kier molecular flexibility index (Phi) is 1.97. The van der Waals surface area contributed by atoms with Gasteiger partial charge in [-0.25, -0.2) is 0 Å². The molecule has 0 saturated heterocycles. The van der Waals surface area contributed by atoms with E-state index in [1.807, 2.05) is 0 Å². The van der Waals surface area contributed by atoms with Crippen LogP contribution in [0.3, 0.4) is 0 Å². The molecule has 0 spiro atoms. The molecule has 0 aliphatic heterocycles. The molecule has 4 aliphatic carbocycles. The van der Waals surface area contributed by atoms with Gasteiger partial charge in [0.15, 0.2) is 0 Å². The fourth-order valence-electron chi connectivity index (χ4n) is 8.93. The second-order valence-electron chi connectivity index (χ2n) is 9.27. The zero-order valence-electron chi connectivity index (χ0n) is 14.0. The molecule has 9 unspecified atom stereocenters. The SMILES string of the molecule is CCC1C2C3C4CC(C)C4(C)C3(C)C2(C)C1(C)CC. The summed E-state index contributed by atoms with van der Waals surface area (Å²) in [5.41, 5.74) is 2.59. The third kappa shape index (κ3) is 0.757. The van der Waals surface area contributed by atoms with Crippen LogP contribution in [0.4, 0.5) is 0 Å². The summed E-state index contributed by atoms with van der Waals surface area (Å²) in [4.78, 5) is 0. The van der Waals surface area contributed by atoms with E-state index >= 15 is 0 Å². The summed E-state index contributed by atoms with van der Waals surface area (Å²) in [7, 11) is 0. The second-order valence-corrected chi connectivity index (χ2v) is 9.27. The average molecular weight is 260 g/mol. The molecule has 0 aromatic rings. The van der Waals surface area contributed by atoms with E-state index in [1.54, 1.807) is 0 Å². The maximum Gasteiger partial charge on any atom is -0.0171 e. The van der Waals surface area contributed by atoms with Gasteiger partial charge in [0.25, 0.3) is 0 Å². The number of hydrogen-bond donors (Lipinski definition) is 0. The van der Waals surface area contributed by atoms with Crippen LogP contribution in [0.1, 0.15) is 67.7 Å². The van der Waals surface area contributed by atoms with Gasteiger partial charge < -0.3 is 0 Å². The highest BCUT2D eigenvalue weighted by atomic mass is 15.0. The van der Waals surface area contributed by atoms with E-state index in [2.05, 4.69) is 48.5 Å². The number of rotatable bonds is 2. The standard InChI is InChI=1S/C19H32/c1-8-12-14-15-13-10-11(3)17(13,5)19(15,7)18(14,6)16(12,4)9-2/h11-15H,8-10H2,1-7H3. The van der Waals surface area contributed by atoms with E-state index in [4.69, 9.17) is 0 Å². The van der Waals surface area contributed by atoms with Crippen LogP contribution in [0.15, 0.2) is 0 Å². The zero-order valence-corrected chi connectivity index (χ0v) is 14.0. The molecule has 0 amide bonds. The lowest BCUT2D eigenvalue weighted by Crippen LogP contribution is -2.94. The molecule has 108 valence electrons. The van der Waals surface area contributed by atoms with Crippen molar-refractivity contribution in [2.75, 3.05) is 0 Å². The molecular formula is C19H32. The highest BCUT2D eigenvalue weighted by Crippen LogP contribution is 2.98. The van der Waals surface area contributed by atoms with Gasteiger partial charge >= 0.3 is 0 Å². The predicted molar refractivity (Wildman–Crippen MR) is 80.8 cm³/mol. The fourth-order valence-corrected chi connectivity index (χ4v) is 8.93. The minimum absolute atomic E-state index is 0.612. The van der Waals surface area contributed by atoms with Crippen LogP contribution in [0.2, 0.25) is 0 Å². The largest absolute Gasteiger partial charge is 0.0651 e. The lowest BCUT2D eigenvalue weighted by molar-refractivity contribution is -0.515. The van der Waals surface area contributed by atoms with Gasteiger partial charge in [0.2, 0.25) is 0 Å². The summed E-state index contributed by atoms with van der Waals surface area (Å²) in [5.74, 6) is 5.22. The molecule has 0 bridgehead atoms. The van der Waals surface area contributed by atoms with Crippen LogP contribution >= 0.6 is 0 Å². The third-order valence-corrected chi connectivity index (χ3v) is 10.4. The van der Waals surface area contributed by atoms with Crippen LogP contribution in [0, 0.1) is 51.2 Å². The van der Waals surface area contributed by atoms with Crippen LogP contribution < -0.4 is 0 Å². The third-order valence-electron chi connectivity index (χ3n) is 10.4. The van der Waals surface area contributed by atoms with Crippen molar-refractivity contribution in [3.63, 3.8) is 0 Å². The van der Waals surface area contributed by atoms with Gasteiger partial charge in [-0.15, -0.1) is 0 Å². The Morgan fingerprint density at radius 3 is 2.05 bits per heavy atom. The Bertz CT molecular complexity index is 453. The predicted octanol–water partition coefficient (Wildman–Crippen LogP) is 5.38. The Labute approximate surface area is 119 Å². The summed E-state index contributed by atoms with van der Waals surface area (Å²) in [6.45, 7) is 18.0. The van der Waals surface area contributed by atoms with Gasteiger partial charge in [-0.3, -0.25) is 0 Å². The molecule has 0 nitrogen and oxygen atoms in total. The molecule has 4 fully saturated rings. The van der Waals surface area contributed by atoms with Crippen molar-refractivity contribution >= 4 is 0 Å². The molecule has 0 N–H and O–H groups in total. The summed E-state index contributed by atoms with van der Waals surface area (Å²) in [6, 6.07) is 0. The Morgan fingerprint density at radius 2 is 1.58 bits per heavy atom. The normalized spacial score (nSPS) is 72.5. The Morgan fingerprint density at radius 1 is 0.947 bits per heavy atom. The van der Waals surface area contributed by atoms with Gasteiger partial charge in [-0.2, -0.15) is 0 Å². The van der Waals surface area contributed by atoms with E-state index in [0.29, 0.717) is 21.7 Å². The van der Waals surface area contributed by atoms with E-state index in [-0.39, 0.29) is 0 Å². The quantitative estimate of drug-likeness (QED) is 0.625. The van der Waals surface area contributed by atoms with Gasteiger partial charge in [0, 0.05) is 0 Å². The molecule has 0 aromatic carbocycles. The lowest BCUT2D eigenvalue weighted by Gasteiger charge is -2.98. The summed E-state index contributed by atoms with van der Waals surface area (Å²) in [5, 5.41) is 0. The topological polar surface area (TPSA) is 0 Å². The minimum atomic E-state index is 0.612. The van der Waals surface area contributed by atoms with Crippen molar-refractivity contribution in [2.45, 2.75) is 67.7 Å². The Hall–Kier alpha value is 0. The lowest BCUT2D eigenvalue weighted by atomic mass is 9.06. The van der Waals surface area contributed by atoms with Crippen molar-refractivity contribution in [2.24, 2.45) is 51.2 Å². The van der Waals surface area contributed by atoms with E-state index < -0.39 is 0 Å². The first-order valence-electron chi connectivity index (χ1n) is 8.76. The number of hydrogen-bond acceptors (Lipinski definition) is 0. The number of fused-ring (bicyclic) bond motifs is 7. The molecule has 4 rings (SSSR count). The van der Waals surface area contributed by atoms with E-state index in [0.717, 1.165) is 29.6 Å². The zero-order chi connectivity index (χ0) is 14.0. The molecule has 4 saturated carbocycles. The van der Waals surface area contributed by atoms with Gasteiger partial charge in [-0.1, -0.05) is 54.9 Å². The highest BCUT2D eigenvalue weighted by Gasteiger charge is 2.94. The monoisotopic (exact) mass is 260 g/mol. The van der Waals surface area contributed by atoms with Gasteiger partial charge in [-0.05, 0) is 64.1 Å². The molecule has 0 aromatic heterocycles. The first-order chi connectivity index (χ1) is 8.76. The maximum absolute atomic E-state index is 2.68. The molecule has 0 heterocycles. The summed E-state index contributed by atoms with van der Waals surface area (Å²) >= 11 is 0. The van der Waals surface area contributed by atoms with Crippen LogP contribution in [-0.2, 0) is 0 Å². The van der Waals surface area contributed by atoms with Crippen molar-refractivity contribution in [3.05, 3.63) is 0 Å². The smallest absolute Gasteiger partial charge is 0.0171 e. The summed E-state index contributed by atoms with van der Waals surface area (Å²) in [6.07, 6.45) is 4.33. The van der Waals surface area contributed by atoms with E-state index in [9.17, 15) is 0 Å². The first-order valence-corrected chi connectivity index (χ1v) is 8.76. The van der Waals surface area contributed by atoms with Crippen LogP contribution in [0.5, 0.6) is 0 Å². The van der Waals surface area contributed by atoms with Crippen molar-refractivity contribution in [1.82, 2.24) is 0 Å². The Balaban J connectivity index is 1.79. The minimum Gasteiger partial charge on any atom is -0.0651 e. The van der Waals surface area contributed by atoms with Crippen LogP contribution in [0.25, 0.3) is 0 Å². The molecule has 19 heavy (non-hydrogen) atoms. The molecule has 9 atom stereocenters. The second kappa shape index (κ2) is 2.95. The van der Waals surface area contributed by atoms with Gasteiger partial charge in [0.05, 0.1) is 0 Å². The average Bonchev–Trinajstić information content (AvgIpc) is 2.42. The maximum atomic E-state index is 2.68. The first kappa shape index (κ1) is 12.7. The molecule has 0 heteroatoms. The van der Waals surface area contributed by atoms with Crippen molar-refractivity contribution in [3.8, 4) is 0 Å². The van der Waals surface area contributed by atoms with E-state index in [1.165, 1.54) is 19.3 Å².